The summed E-state index contributed by atoms with van der Waals surface area (Å²) >= 11 is 0. The summed E-state index contributed by atoms with van der Waals surface area (Å²) in [5, 5.41) is 5.58. The lowest BCUT2D eigenvalue weighted by atomic mass is 9.94. The number of nitrogens with one attached hydrogen (secondary N) is 2. The van der Waals surface area contributed by atoms with Crippen LogP contribution in [0.5, 0.6) is 0 Å². The summed E-state index contributed by atoms with van der Waals surface area (Å²) in [5.41, 5.74) is 0.855. The number of amides is 3. The summed E-state index contributed by atoms with van der Waals surface area (Å²) in [5.74, 6) is -1.40. The van der Waals surface area contributed by atoms with Gasteiger partial charge < -0.3 is 25.0 Å². The fourth-order valence-electron chi connectivity index (χ4n) is 3.97. The summed E-state index contributed by atoms with van der Waals surface area (Å²) in [7, 11) is 0. The molecule has 2 N–H and O–H groups in total. The van der Waals surface area contributed by atoms with E-state index in [-0.39, 0.29) is 37.4 Å². The van der Waals surface area contributed by atoms with Gasteiger partial charge in [-0.05, 0) is 59.4 Å². The zero-order chi connectivity index (χ0) is 29.0. The van der Waals surface area contributed by atoms with Crippen molar-refractivity contribution < 1.29 is 28.7 Å². The highest BCUT2D eigenvalue weighted by Crippen LogP contribution is 2.28. The third-order valence-corrected chi connectivity index (χ3v) is 6.29. The van der Waals surface area contributed by atoms with Gasteiger partial charge in [-0.3, -0.25) is 14.4 Å². The second-order valence-electron chi connectivity index (χ2n) is 10.7. The lowest BCUT2D eigenvalue weighted by Crippen LogP contribution is -2.57. The maximum atomic E-state index is 14.2. The number of nitrogens with zero attached hydrogens (tertiary/aromatic N) is 1. The Bertz CT molecular complexity index is 942. The van der Waals surface area contributed by atoms with Crippen molar-refractivity contribution in [2.75, 3.05) is 13.2 Å². The van der Waals surface area contributed by atoms with Crippen LogP contribution in [0.1, 0.15) is 91.8 Å². The molecule has 4 unspecified atom stereocenters. The molecule has 214 valence electrons. The van der Waals surface area contributed by atoms with Gasteiger partial charge in [0, 0.05) is 12.6 Å². The molecular weight excluding hydrogens is 486 g/mol. The molecule has 0 bridgehead atoms. The minimum Gasteiger partial charge on any atom is -0.466 e. The summed E-state index contributed by atoms with van der Waals surface area (Å²) < 4.78 is 10.4. The highest BCUT2D eigenvalue weighted by Gasteiger charge is 2.40. The molecule has 38 heavy (non-hydrogen) atoms. The molecule has 0 aliphatic carbocycles. The first-order valence-electron chi connectivity index (χ1n) is 13.6. The van der Waals surface area contributed by atoms with E-state index in [0.29, 0.717) is 18.4 Å². The molecule has 1 aromatic rings. The van der Waals surface area contributed by atoms with Crippen LogP contribution in [0.2, 0.25) is 0 Å². The fourth-order valence-corrected chi connectivity index (χ4v) is 3.97. The van der Waals surface area contributed by atoms with E-state index in [2.05, 4.69) is 10.6 Å². The normalized spacial score (nSPS) is 14.4. The highest BCUT2D eigenvalue weighted by molar-refractivity contribution is 5.92. The summed E-state index contributed by atoms with van der Waals surface area (Å²) in [4.78, 5) is 54.0. The van der Waals surface area contributed by atoms with Crippen molar-refractivity contribution in [1.29, 1.82) is 0 Å². The van der Waals surface area contributed by atoms with Gasteiger partial charge in [0.1, 0.15) is 17.7 Å². The third-order valence-electron chi connectivity index (χ3n) is 6.29. The van der Waals surface area contributed by atoms with Crippen LogP contribution in [0.4, 0.5) is 4.79 Å². The topological polar surface area (TPSA) is 114 Å². The molecule has 0 aliphatic heterocycles. The SMILES string of the molecule is CCOC(=O)CCNC(=O)C(c1cccc(C)c1)N(C(=O)C(NC(=O)OC(C)(C)C)C(C)CC)C(C)CC. The first kappa shape index (κ1) is 32.9. The molecule has 9 nitrogen and oxygen atoms in total. The number of benzene rings is 1. The van der Waals surface area contributed by atoms with Gasteiger partial charge in [-0.25, -0.2) is 4.79 Å². The molecule has 0 radical (unpaired) electrons. The summed E-state index contributed by atoms with van der Waals surface area (Å²) in [6, 6.07) is 5.25. The Balaban J connectivity index is 3.47. The quantitative estimate of drug-likeness (QED) is 0.356. The van der Waals surface area contributed by atoms with E-state index in [0.717, 1.165) is 5.56 Å². The average molecular weight is 534 g/mol. The van der Waals surface area contributed by atoms with Gasteiger partial charge in [0.2, 0.25) is 11.8 Å². The molecular formula is C29H47N3O6. The van der Waals surface area contributed by atoms with Crippen molar-refractivity contribution in [3.8, 4) is 0 Å². The minimum atomic E-state index is -0.966. The Morgan fingerprint density at radius 2 is 1.68 bits per heavy atom. The molecule has 0 aliphatic rings. The lowest BCUT2D eigenvalue weighted by molar-refractivity contribution is -0.146. The van der Waals surface area contributed by atoms with Gasteiger partial charge in [-0.1, -0.05) is 57.0 Å². The predicted molar refractivity (Wildman–Crippen MR) is 147 cm³/mol. The van der Waals surface area contributed by atoms with Crippen molar-refractivity contribution >= 4 is 23.9 Å². The van der Waals surface area contributed by atoms with Crippen molar-refractivity contribution in [1.82, 2.24) is 15.5 Å². The van der Waals surface area contributed by atoms with Gasteiger partial charge in [0.25, 0.3) is 0 Å². The minimum absolute atomic E-state index is 0.0209. The van der Waals surface area contributed by atoms with Crippen molar-refractivity contribution in [2.45, 2.75) is 105 Å². The zero-order valence-corrected chi connectivity index (χ0v) is 24.6. The van der Waals surface area contributed by atoms with Crippen molar-refractivity contribution in [3.63, 3.8) is 0 Å². The van der Waals surface area contributed by atoms with Gasteiger partial charge in [0.15, 0.2) is 0 Å². The molecule has 1 rings (SSSR count). The number of hydrogen-bond acceptors (Lipinski definition) is 6. The molecule has 0 fully saturated rings. The second-order valence-corrected chi connectivity index (χ2v) is 10.7. The third kappa shape index (κ3) is 10.3. The smallest absolute Gasteiger partial charge is 0.408 e. The maximum Gasteiger partial charge on any atom is 0.408 e. The van der Waals surface area contributed by atoms with Crippen LogP contribution in [0.25, 0.3) is 0 Å². The van der Waals surface area contributed by atoms with Gasteiger partial charge in [0.05, 0.1) is 13.0 Å². The summed E-state index contributed by atoms with van der Waals surface area (Å²) in [6.07, 6.45) is 0.546. The Kier molecular flexibility index (Phi) is 13.3. The second kappa shape index (κ2) is 15.3. The van der Waals surface area contributed by atoms with Crippen LogP contribution < -0.4 is 10.6 Å². The van der Waals surface area contributed by atoms with Crippen molar-refractivity contribution in [3.05, 3.63) is 35.4 Å². The van der Waals surface area contributed by atoms with E-state index in [4.69, 9.17) is 9.47 Å². The Labute approximate surface area is 228 Å². The first-order chi connectivity index (χ1) is 17.7. The van der Waals surface area contributed by atoms with Gasteiger partial charge >= 0.3 is 12.1 Å². The molecule has 0 heterocycles. The number of rotatable bonds is 13. The molecule has 1 aromatic carbocycles. The average Bonchev–Trinajstić information content (AvgIpc) is 2.83. The number of hydrogen-bond donors (Lipinski definition) is 2. The highest BCUT2D eigenvalue weighted by atomic mass is 16.6. The van der Waals surface area contributed by atoms with Crippen LogP contribution in [-0.4, -0.2) is 59.6 Å². The van der Waals surface area contributed by atoms with Crippen molar-refractivity contribution in [2.24, 2.45) is 5.92 Å². The maximum absolute atomic E-state index is 14.2. The Hall–Kier alpha value is -3.10. The number of aryl methyl sites for hydroxylation is 1. The molecule has 0 saturated heterocycles. The zero-order valence-electron chi connectivity index (χ0n) is 24.6. The predicted octanol–water partition coefficient (Wildman–Crippen LogP) is 4.67. The number of carbonyl (C=O) groups is 4. The van der Waals surface area contributed by atoms with E-state index >= 15 is 0 Å². The van der Waals surface area contributed by atoms with Gasteiger partial charge in [-0.15, -0.1) is 0 Å². The largest absolute Gasteiger partial charge is 0.466 e. The lowest BCUT2D eigenvalue weighted by Gasteiger charge is -2.39. The van der Waals surface area contributed by atoms with E-state index in [1.165, 1.54) is 0 Å². The fraction of sp³-hybridized carbons (Fsp3) is 0.655. The van der Waals surface area contributed by atoms with Crippen LogP contribution in [-0.2, 0) is 23.9 Å². The van der Waals surface area contributed by atoms with E-state index in [1.54, 1.807) is 32.6 Å². The Morgan fingerprint density at radius 3 is 2.21 bits per heavy atom. The standard InChI is InChI=1S/C29H47N3O6/c1-10-20(5)24(31-28(36)38-29(7,8)9)27(35)32(21(6)11-2)25(22-15-13-14-19(4)18-22)26(34)30-17-16-23(33)37-12-3/h13-15,18,20-21,24-25H,10-12,16-17H2,1-9H3,(H,30,34)(H,31,36). The molecule has 0 aromatic heterocycles. The number of alkyl carbamates (subject to hydrolysis) is 1. The Morgan fingerprint density at radius 1 is 1.03 bits per heavy atom. The monoisotopic (exact) mass is 533 g/mol. The van der Waals surface area contributed by atoms with E-state index in [1.807, 2.05) is 58.9 Å². The molecule has 3 amide bonds. The number of ether oxygens (including phenoxy) is 2. The number of esters is 1. The van der Waals surface area contributed by atoms with E-state index < -0.39 is 35.7 Å². The molecule has 9 heteroatoms. The number of carbonyl (C=O) groups excluding carboxylic acids is 4. The molecule has 4 atom stereocenters. The van der Waals surface area contributed by atoms with Crippen LogP contribution in [0.15, 0.2) is 24.3 Å². The van der Waals surface area contributed by atoms with Crippen LogP contribution >= 0.6 is 0 Å². The molecule has 0 saturated carbocycles. The van der Waals surface area contributed by atoms with E-state index in [9.17, 15) is 19.2 Å². The van der Waals surface area contributed by atoms with Gasteiger partial charge in [-0.2, -0.15) is 0 Å². The first-order valence-corrected chi connectivity index (χ1v) is 13.6. The van der Waals surface area contributed by atoms with Crippen LogP contribution in [0.3, 0.4) is 0 Å². The summed E-state index contributed by atoms with van der Waals surface area (Å²) in [6.45, 7) is 16.9. The molecule has 0 spiro atoms. The van der Waals surface area contributed by atoms with Crippen LogP contribution in [0, 0.1) is 12.8 Å².